The molecule has 0 aromatic heterocycles. The molecule has 6 unspecified atom stereocenters. The molecule has 0 radical (unpaired) electrons. The lowest BCUT2D eigenvalue weighted by atomic mass is 9.55. The van der Waals surface area contributed by atoms with Gasteiger partial charge >= 0.3 is 12.2 Å². The number of carbonyl (C=O) groups excluding carboxylic acids is 2. The van der Waals surface area contributed by atoms with Crippen LogP contribution in [-0.4, -0.2) is 109 Å². The lowest BCUT2D eigenvalue weighted by Gasteiger charge is -2.59. The summed E-state index contributed by atoms with van der Waals surface area (Å²) >= 11 is 0. The van der Waals surface area contributed by atoms with Crippen molar-refractivity contribution in [3.8, 4) is 11.5 Å². The Morgan fingerprint density at radius 2 is 1.76 bits per heavy atom. The molecule has 2 aliphatic carbocycles. The van der Waals surface area contributed by atoms with Crippen LogP contribution < -0.4 is 14.8 Å². The van der Waals surface area contributed by atoms with E-state index in [1.165, 1.54) is 7.11 Å². The Hall–Kier alpha value is -4.47. The van der Waals surface area contributed by atoms with Crippen LogP contribution in [0, 0.1) is 17.8 Å². The molecule has 2 aromatic rings. The summed E-state index contributed by atoms with van der Waals surface area (Å²) in [5.74, 6) is -1.60. The number of aliphatic hydroxyl groups excluding tert-OH is 3. The number of ether oxygens (including phenoxy) is 5. The van der Waals surface area contributed by atoms with Gasteiger partial charge in [0.1, 0.15) is 23.1 Å². The molecule has 3 aliphatic rings. The Morgan fingerprint density at radius 1 is 1.02 bits per heavy atom. The number of oxime groups is 1. The fourth-order valence-corrected chi connectivity index (χ4v) is 8.64. The lowest BCUT2D eigenvalue weighted by molar-refractivity contribution is -0.256. The Bertz CT molecular complexity index is 1750. The average Bonchev–Trinajstić information content (AvgIpc) is 3.22. The number of hydrogen-bond acceptors (Lipinski definition) is 12. The minimum Gasteiger partial charge on any atom is -0.459 e. The Labute approximate surface area is 348 Å². The molecule has 324 valence electrons. The first-order chi connectivity index (χ1) is 28.5. The molecule has 0 spiro atoms. The Balaban J connectivity index is 1.71. The van der Waals surface area contributed by atoms with Crippen LogP contribution in [0.15, 0.2) is 78.0 Å². The van der Waals surface area contributed by atoms with E-state index in [0.717, 1.165) is 42.4 Å². The maximum atomic E-state index is 13.9. The van der Waals surface area contributed by atoms with E-state index in [-0.39, 0.29) is 70.4 Å². The van der Waals surface area contributed by atoms with Gasteiger partial charge in [0, 0.05) is 44.2 Å². The van der Waals surface area contributed by atoms with Crippen molar-refractivity contribution in [2.24, 2.45) is 22.9 Å². The molecular formula is C45H63N3O11. The van der Waals surface area contributed by atoms with E-state index in [2.05, 4.69) is 18.0 Å². The summed E-state index contributed by atoms with van der Waals surface area (Å²) < 4.78 is 31.1. The molecule has 2 aromatic carbocycles. The average molecular weight is 822 g/mol. The quantitative estimate of drug-likeness (QED) is 0.0616. The fourth-order valence-electron chi connectivity index (χ4n) is 8.64. The highest BCUT2D eigenvalue weighted by molar-refractivity contribution is 6.03. The highest BCUT2D eigenvalue weighted by Gasteiger charge is 2.65. The minimum absolute atomic E-state index is 0.0123. The van der Waals surface area contributed by atoms with Gasteiger partial charge in [-0.05, 0) is 87.6 Å². The van der Waals surface area contributed by atoms with E-state index in [1.54, 1.807) is 23.1 Å². The molecule has 4 N–H and O–H groups in total. The smallest absolute Gasteiger partial charge is 0.412 e. The van der Waals surface area contributed by atoms with Gasteiger partial charge in [0.15, 0.2) is 0 Å². The number of unbranched alkanes of at least 4 members (excludes halogenated alkanes) is 2. The highest BCUT2D eigenvalue weighted by atomic mass is 16.7. The van der Waals surface area contributed by atoms with Crippen molar-refractivity contribution in [1.82, 2.24) is 10.2 Å². The number of nitrogens with one attached hydrogen (secondary N) is 1. The topological polar surface area (TPSA) is 178 Å². The number of methoxy groups -OCH3 is 1. The van der Waals surface area contributed by atoms with Crippen LogP contribution in [0.3, 0.4) is 0 Å². The molecule has 1 heterocycles. The predicted octanol–water partition coefficient (Wildman–Crippen LogP) is 6.48. The third kappa shape index (κ3) is 11.4. The maximum Gasteiger partial charge on any atom is 0.412 e. The number of rotatable bonds is 21. The van der Waals surface area contributed by atoms with Crippen molar-refractivity contribution in [3.05, 3.63) is 84.0 Å². The van der Waals surface area contributed by atoms with Gasteiger partial charge in [-0.1, -0.05) is 60.5 Å². The van der Waals surface area contributed by atoms with E-state index >= 15 is 0 Å². The Morgan fingerprint density at radius 3 is 2.44 bits per heavy atom. The summed E-state index contributed by atoms with van der Waals surface area (Å²) in [6, 6.07) is 14.1. The first-order valence-corrected chi connectivity index (χ1v) is 20.8. The molecule has 14 nitrogen and oxygen atoms in total. The van der Waals surface area contributed by atoms with Crippen molar-refractivity contribution in [2.45, 2.75) is 95.6 Å². The third-order valence-electron chi connectivity index (χ3n) is 11.1. The third-order valence-corrected chi connectivity index (χ3v) is 11.1. The highest BCUT2D eigenvalue weighted by Crippen LogP contribution is 2.62. The van der Waals surface area contributed by atoms with Gasteiger partial charge in [-0.3, -0.25) is 4.90 Å². The number of allylic oxidation sites excluding steroid dienone is 1. The molecule has 1 aliphatic heterocycles. The monoisotopic (exact) mass is 821 g/mol. The second kappa shape index (κ2) is 21.7. The summed E-state index contributed by atoms with van der Waals surface area (Å²) in [6.07, 6.45) is 7.13. The van der Waals surface area contributed by atoms with Crippen LogP contribution in [-0.2, 0) is 25.6 Å². The van der Waals surface area contributed by atoms with Gasteiger partial charge in [-0.15, -0.1) is 6.58 Å². The number of benzene rings is 2. The summed E-state index contributed by atoms with van der Waals surface area (Å²) in [5, 5.41) is 36.8. The zero-order valence-corrected chi connectivity index (χ0v) is 35.0. The van der Waals surface area contributed by atoms with Gasteiger partial charge in [-0.25, -0.2) is 9.59 Å². The fraction of sp³-hybridized carbons (Fsp3) is 0.578. The molecule has 1 saturated carbocycles. The zero-order valence-electron chi connectivity index (χ0n) is 35.0. The minimum atomic E-state index is -1.51. The van der Waals surface area contributed by atoms with Crippen LogP contribution >= 0.6 is 0 Å². The molecule has 59 heavy (non-hydrogen) atoms. The molecule has 5 rings (SSSR count). The number of fused-ring (bicyclic) bond motifs is 2. The van der Waals surface area contributed by atoms with Crippen molar-refractivity contribution in [2.75, 3.05) is 53.3 Å². The van der Waals surface area contributed by atoms with Gasteiger partial charge in [0.25, 0.3) is 0 Å². The van der Waals surface area contributed by atoms with E-state index in [1.807, 2.05) is 57.2 Å². The van der Waals surface area contributed by atoms with Crippen LogP contribution in [0.2, 0.25) is 0 Å². The molecule has 2 amide bonds. The number of nitrogens with zero attached hydrogens (tertiary/aromatic N) is 2. The molecule has 14 heteroatoms. The summed E-state index contributed by atoms with van der Waals surface area (Å²) in [4.78, 5) is 34.8. The second-order valence-electron chi connectivity index (χ2n) is 16.2. The summed E-state index contributed by atoms with van der Waals surface area (Å²) in [5.41, 5.74) is 2.59. The van der Waals surface area contributed by atoms with Gasteiger partial charge in [0.2, 0.25) is 5.79 Å². The molecular weight excluding hydrogens is 759 g/mol. The Kier molecular flexibility index (Phi) is 16.8. The SMILES string of the molecule is C=CCOC12Oc3ccc(OC(=O)NCc4ccccc4)cc3C3C(CCCCO)C(CCCCO)C=C(C(=NOC(C)(C)C)CC1N(CCOCCO)C(=O)OC)C32. The van der Waals surface area contributed by atoms with Gasteiger partial charge < -0.3 is 49.2 Å². The molecule has 0 bridgehead atoms. The van der Waals surface area contributed by atoms with Gasteiger partial charge in [-0.2, -0.15) is 0 Å². The van der Waals surface area contributed by atoms with E-state index in [4.69, 9.17) is 33.7 Å². The first-order valence-electron chi connectivity index (χ1n) is 20.8. The maximum absolute atomic E-state index is 13.9. The van der Waals surface area contributed by atoms with Crippen LogP contribution in [0.25, 0.3) is 0 Å². The van der Waals surface area contributed by atoms with E-state index in [0.29, 0.717) is 36.6 Å². The van der Waals surface area contributed by atoms with Crippen molar-refractivity contribution in [1.29, 1.82) is 0 Å². The number of aliphatic hydroxyl groups is 3. The van der Waals surface area contributed by atoms with E-state index < -0.39 is 35.5 Å². The molecule has 1 fully saturated rings. The van der Waals surface area contributed by atoms with Crippen molar-refractivity contribution in [3.63, 3.8) is 0 Å². The van der Waals surface area contributed by atoms with E-state index in [9.17, 15) is 24.9 Å². The zero-order chi connectivity index (χ0) is 42.4. The molecule has 6 atom stereocenters. The van der Waals surface area contributed by atoms with Crippen LogP contribution in [0.4, 0.5) is 9.59 Å². The lowest BCUT2D eigenvalue weighted by Crippen LogP contribution is -2.70. The number of amides is 2. The number of hydrogen-bond donors (Lipinski definition) is 4. The normalized spacial score (nSPS) is 23.9. The molecule has 0 saturated heterocycles. The standard InChI is InChI=1S/C45H63N3O11/c1-6-24-56-45-39(48(43(53)54-5)20-25-55-26-23-51)29-37(47-59-44(2,3)4)35-27-32(16-10-12-21-49)34(17-11-13-22-50)40(41(35)45)36-28-33(18-19-38(36)58-45)57-42(52)46-30-31-14-8-7-9-15-31/h6-9,14-15,18-19,27-28,32,34,39-41,49-51H,1,10-13,16-17,20-26,29-30H2,2-5H3,(H,46,52). The predicted molar refractivity (Wildman–Crippen MR) is 222 cm³/mol. The first kappa shape index (κ1) is 45.6. The summed E-state index contributed by atoms with van der Waals surface area (Å²) in [7, 11) is 1.32. The van der Waals surface area contributed by atoms with Crippen molar-refractivity contribution >= 4 is 17.9 Å². The van der Waals surface area contributed by atoms with Crippen molar-refractivity contribution < 1.29 is 53.4 Å². The second-order valence-corrected chi connectivity index (χ2v) is 16.2. The van der Waals surface area contributed by atoms with Crippen LogP contribution in [0.1, 0.15) is 82.8 Å². The largest absolute Gasteiger partial charge is 0.459 e. The van der Waals surface area contributed by atoms with Crippen LogP contribution in [0.5, 0.6) is 11.5 Å². The van der Waals surface area contributed by atoms with Gasteiger partial charge in [0.05, 0.1) is 45.2 Å². The number of carbonyl (C=O) groups is 2. The summed E-state index contributed by atoms with van der Waals surface area (Å²) in [6.45, 7) is 10.3.